The summed E-state index contributed by atoms with van der Waals surface area (Å²) in [5.41, 5.74) is 6.48. The first-order chi connectivity index (χ1) is 12.6. The van der Waals surface area contributed by atoms with Gasteiger partial charge in [0, 0.05) is 25.6 Å². The van der Waals surface area contributed by atoms with Crippen LogP contribution in [0, 0.1) is 5.92 Å². The molecule has 26 heavy (non-hydrogen) atoms. The number of nitrogens with two attached hydrogens (primary N) is 1. The van der Waals surface area contributed by atoms with Crippen LogP contribution in [-0.2, 0) is 4.79 Å². The van der Waals surface area contributed by atoms with Gasteiger partial charge in [0.15, 0.2) is 0 Å². The minimum absolute atomic E-state index is 0.0538. The van der Waals surface area contributed by atoms with Crippen molar-refractivity contribution < 1.29 is 9.59 Å². The molecule has 0 aromatic heterocycles. The van der Waals surface area contributed by atoms with E-state index in [9.17, 15) is 9.59 Å². The average molecular weight is 358 g/mol. The molecule has 6 nitrogen and oxygen atoms in total. The van der Waals surface area contributed by atoms with Gasteiger partial charge in [-0.3, -0.25) is 4.79 Å². The molecule has 3 amide bonds. The van der Waals surface area contributed by atoms with Gasteiger partial charge in [0.05, 0.1) is 0 Å². The van der Waals surface area contributed by atoms with E-state index < -0.39 is 5.54 Å². The van der Waals surface area contributed by atoms with Crippen LogP contribution in [0.25, 0.3) is 0 Å². The minimum atomic E-state index is -0.760. The van der Waals surface area contributed by atoms with Crippen LogP contribution in [0.15, 0.2) is 30.3 Å². The van der Waals surface area contributed by atoms with E-state index in [1.807, 2.05) is 30.0 Å². The maximum atomic E-state index is 13.4. The van der Waals surface area contributed by atoms with Crippen LogP contribution in [0.2, 0.25) is 0 Å². The summed E-state index contributed by atoms with van der Waals surface area (Å²) in [6.45, 7) is 4.31. The summed E-state index contributed by atoms with van der Waals surface area (Å²) in [5, 5.41) is 5.74. The van der Waals surface area contributed by atoms with Gasteiger partial charge in [0.2, 0.25) is 5.91 Å². The van der Waals surface area contributed by atoms with E-state index in [2.05, 4.69) is 22.8 Å². The van der Waals surface area contributed by atoms with Crippen LogP contribution >= 0.6 is 0 Å². The average Bonchev–Trinajstić information content (AvgIpc) is 3.29. The van der Waals surface area contributed by atoms with E-state index in [0.29, 0.717) is 39.0 Å². The molecule has 3 rings (SSSR count). The van der Waals surface area contributed by atoms with Crippen molar-refractivity contribution in [1.29, 1.82) is 0 Å². The van der Waals surface area contributed by atoms with Gasteiger partial charge in [-0.1, -0.05) is 43.2 Å². The fourth-order valence-electron chi connectivity index (χ4n) is 4.45. The second-order valence-electron chi connectivity index (χ2n) is 7.50. The first-order valence-electron chi connectivity index (χ1n) is 9.70. The highest BCUT2D eigenvalue weighted by atomic mass is 16.2. The number of likely N-dealkylation sites (tertiary alicyclic amines) is 1. The highest BCUT2D eigenvalue weighted by molar-refractivity contribution is 5.91. The first kappa shape index (κ1) is 18.7. The van der Waals surface area contributed by atoms with Crippen LogP contribution in [0.4, 0.5) is 4.79 Å². The van der Waals surface area contributed by atoms with Crippen molar-refractivity contribution in [2.75, 3.05) is 26.2 Å². The number of urea groups is 1. The fraction of sp³-hybridized carbons (Fsp3) is 0.600. The van der Waals surface area contributed by atoms with Crippen molar-refractivity contribution in [1.82, 2.24) is 15.5 Å². The Balaban J connectivity index is 1.76. The number of amides is 3. The van der Waals surface area contributed by atoms with Gasteiger partial charge in [-0.25, -0.2) is 4.79 Å². The van der Waals surface area contributed by atoms with E-state index in [4.69, 9.17) is 5.73 Å². The smallest absolute Gasteiger partial charge is 0.315 e. The molecule has 1 saturated heterocycles. The van der Waals surface area contributed by atoms with E-state index >= 15 is 0 Å². The topological polar surface area (TPSA) is 87.5 Å². The third-order valence-corrected chi connectivity index (χ3v) is 5.82. The number of rotatable bonds is 5. The lowest BCUT2D eigenvalue weighted by atomic mass is 9.89. The highest BCUT2D eigenvalue weighted by Gasteiger charge is 2.47. The minimum Gasteiger partial charge on any atom is -0.340 e. The predicted octanol–water partition coefficient (Wildman–Crippen LogP) is 1.82. The lowest BCUT2D eigenvalue weighted by Gasteiger charge is -2.33. The number of nitrogens with one attached hydrogen (secondary N) is 2. The quantitative estimate of drug-likeness (QED) is 0.750. The van der Waals surface area contributed by atoms with Crippen molar-refractivity contribution in [2.24, 2.45) is 11.7 Å². The van der Waals surface area contributed by atoms with Crippen molar-refractivity contribution in [3.8, 4) is 0 Å². The predicted molar refractivity (Wildman–Crippen MR) is 102 cm³/mol. The zero-order chi connectivity index (χ0) is 18.6. The molecule has 0 bridgehead atoms. The Hall–Kier alpha value is -2.08. The molecule has 4 N–H and O–H groups in total. The van der Waals surface area contributed by atoms with Gasteiger partial charge < -0.3 is 21.3 Å². The molecule has 0 spiro atoms. The van der Waals surface area contributed by atoms with Crippen LogP contribution in [0.1, 0.15) is 44.1 Å². The molecule has 1 aromatic carbocycles. The molecule has 0 unspecified atom stereocenters. The van der Waals surface area contributed by atoms with Crippen LogP contribution in [-0.4, -0.2) is 48.6 Å². The largest absolute Gasteiger partial charge is 0.340 e. The molecule has 142 valence electrons. The van der Waals surface area contributed by atoms with Crippen molar-refractivity contribution in [3.63, 3.8) is 0 Å². The lowest BCUT2D eigenvalue weighted by Crippen LogP contribution is -2.59. The number of hydrogen-bond donors (Lipinski definition) is 3. The van der Waals surface area contributed by atoms with E-state index in [1.54, 1.807) is 0 Å². The maximum Gasteiger partial charge on any atom is 0.315 e. The third kappa shape index (κ3) is 3.70. The Morgan fingerprint density at radius 3 is 2.50 bits per heavy atom. The Morgan fingerprint density at radius 1 is 1.19 bits per heavy atom. The molecular formula is C20H30N4O2. The molecule has 1 aromatic rings. The molecule has 0 radical (unpaired) electrons. The summed E-state index contributed by atoms with van der Waals surface area (Å²) >= 11 is 0. The number of nitrogens with zero attached hydrogens (tertiary/aromatic N) is 1. The van der Waals surface area contributed by atoms with E-state index in [1.165, 1.54) is 5.56 Å². The third-order valence-electron chi connectivity index (χ3n) is 5.82. The summed E-state index contributed by atoms with van der Waals surface area (Å²) in [6.07, 6.45) is 3.36. The number of benzene rings is 1. The normalized spacial score (nSPS) is 24.5. The molecule has 2 fully saturated rings. The van der Waals surface area contributed by atoms with Crippen LogP contribution in [0.5, 0.6) is 0 Å². The number of carbonyl (C=O) groups excluding carboxylic acids is 2. The van der Waals surface area contributed by atoms with Gasteiger partial charge in [-0.15, -0.1) is 0 Å². The molecule has 2 aliphatic rings. The van der Waals surface area contributed by atoms with Crippen molar-refractivity contribution in [2.45, 2.75) is 44.1 Å². The van der Waals surface area contributed by atoms with Gasteiger partial charge in [-0.05, 0) is 37.8 Å². The molecule has 2 atom stereocenters. The molecule has 1 aliphatic heterocycles. The fourth-order valence-corrected chi connectivity index (χ4v) is 4.45. The van der Waals surface area contributed by atoms with E-state index in [0.717, 1.165) is 12.8 Å². The second-order valence-corrected chi connectivity index (χ2v) is 7.50. The molecule has 6 heteroatoms. The van der Waals surface area contributed by atoms with E-state index in [-0.39, 0.29) is 23.8 Å². The summed E-state index contributed by atoms with van der Waals surface area (Å²) in [4.78, 5) is 27.4. The Bertz CT molecular complexity index is 628. The van der Waals surface area contributed by atoms with Gasteiger partial charge in [0.25, 0.3) is 0 Å². The zero-order valence-corrected chi connectivity index (χ0v) is 15.5. The lowest BCUT2D eigenvalue weighted by molar-refractivity contribution is -0.136. The van der Waals surface area contributed by atoms with Crippen molar-refractivity contribution in [3.05, 3.63) is 35.9 Å². The Kier molecular flexibility index (Phi) is 5.81. The van der Waals surface area contributed by atoms with Gasteiger partial charge in [0.1, 0.15) is 5.54 Å². The van der Waals surface area contributed by atoms with Crippen LogP contribution < -0.4 is 16.4 Å². The van der Waals surface area contributed by atoms with Gasteiger partial charge >= 0.3 is 6.03 Å². The molecular weight excluding hydrogens is 328 g/mol. The monoisotopic (exact) mass is 358 g/mol. The summed E-state index contributed by atoms with van der Waals surface area (Å²) in [7, 11) is 0. The zero-order valence-electron chi connectivity index (χ0n) is 15.5. The summed E-state index contributed by atoms with van der Waals surface area (Å²) < 4.78 is 0. The number of carbonyl (C=O) groups is 2. The number of hydrogen-bond acceptors (Lipinski definition) is 3. The summed E-state index contributed by atoms with van der Waals surface area (Å²) in [5.74, 6) is 0.565. The Morgan fingerprint density at radius 2 is 1.88 bits per heavy atom. The summed E-state index contributed by atoms with van der Waals surface area (Å²) in [6, 6.07) is 10.0. The molecule has 1 aliphatic carbocycles. The Labute approximate surface area is 155 Å². The first-order valence-corrected chi connectivity index (χ1v) is 9.70. The van der Waals surface area contributed by atoms with Crippen molar-refractivity contribution >= 4 is 11.9 Å². The maximum absolute atomic E-state index is 13.4. The van der Waals surface area contributed by atoms with Gasteiger partial charge in [-0.2, -0.15) is 0 Å². The highest BCUT2D eigenvalue weighted by Crippen LogP contribution is 2.37. The SMILES string of the molecule is CCNC(=O)NC1(C(=O)N2C[C@@H](CN)[C@H](c3ccccc3)C2)CCCC1. The van der Waals surface area contributed by atoms with Crippen LogP contribution in [0.3, 0.4) is 0 Å². The standard InChI is InChI=1S/C20H30N4O2/c1-2-22-19(26)23-20(10-6-7-11-20)18(25)24-13-16(12-21)17(14-24)15-8-4-3-5-9-15/h3-5,8-9,16-17H,2,6-7,10-14,21H2,1H3,(H2,22,23,26)/t16-,17+/m1/s1. The molecule has 1 saturated carbocycles. The second kappa shape index (κ2) is 8.08. The molecule has 1 heterocycles.